The summed E-state index contributed by atoms with van der Waals surface area (Å²) in [6.07, 6.45) is 7.10. The minimum Gasteiger partial charge on any atom is -0.359 e. The molecule has 44 heavy (non-hydrogen) atoms. The highest BCUT2D eigenvalue weighted by Crippen LogP contribution is 2.31. The largest absolute Gasteiger partial charge is 0.359 e. The molecule has 0 unspecified atom stereocenters. The number of piperidine rings is 1. The third-order valence-electron chi connectivity index (χ3n) is 7.93. The van der Waals surface area contributed by atoms with Crippen LogP contribution in [0.5, 0.6) is 0 Å². The Morgan fingerprint density at radius 1 is 1.00 bits per heavy atom. The number of nitrogens with zero attached hydrogens (tertiary/aromatic N) is 4. The van der Waals surface area contributed by atoms with E-state index in [2.05, 4.69) is 48.6 Å². The highest BCUT2D eigenvalue weighted by molar-refractivity contribution is 7.23. The van der Waals surface area contributed by atoms with Gasteiger partial charge in [0.1, 0.15) is 5.76 Å². The van der Waals surface area contributed by atoms with Gasteiger partial charge in [-0.3, -0.25) is 14.5 Å². The Hall–Kier alpha value is -4.22. The van der Waals surface area contributed by atoms with E-state index in [9.17, 15) is 9.59 Å². The quantitative estimate of drug-likeness (QED) is 0.171. The van der Waals surface area contributed by atoms with Gasteiger partial charge in [-0.05, 0) is 62.2 Å². The number of nitrogens with one attached hydrogen (secondary N) is 3. The highest BCUT2D eigenvalue weighted by Gasteiger charge is 2.20. The molecule has 0 spiro atoms. The van der Waals surface area contributed by atoms with Crippen LogP contribution in [0.3, 0.4) is 0 Å². The van der Waals surface area contributed by atoms with E-state index in [1.807, 2.05) is 51.2 Å². The van der Waals surface area contributed by atoms with Crippen LogP contribution in [-0.2, 0) is 16.6 Å². The van der Waals surface area contributed by atoms with Crippen molar-refractivity contribution in [2.45, 2.75) is 58.3 Å². The summed E-state index contributed by atoms with van der Waals surface area (Å²) in [5, 5.41) is 12.5. The van der Waals surface area contributed by atoms with Crippen molar-refractivity contribution in [1.82, 2.24) is 24.8 Å². The second-order valence-electron chi connectivity index (χ2n) is 12.4. The second kappa shape index (κ2) is 12.8. The monoisotopic (exact) mass is 613 g/mol. The van der Waals surface area contributed by atoms with Gasteiger partial charge < -0.3 is 20.1 Å². The molecule has 0 atom stereocenters. The Balaban J connectivity index is 1.03. The smallest absolute Gasteiger partial charge is 0.324 e. The summed E-state index contributed by atoms with van der Waals surface area (Å²) >= 11 is 1.64. The minimum atomic E-state index is -0.395. The van der Waals surface area contributed by atoms with Crippen molar-refractivity contribution in [2.24, 2.45) is 0 Å². The standard InChI is InChI=1S/C33H39N7O3S/c1-33(2,3)28-20-29(38-43-28)37-31(42)35-24-11-9-23(10-12-24)25-21-40-26-13-7-22(19-27(26)44-32(40)36-25)8-14-30(41)34-15-18-39-16-5-4-6-17-39/h7,9-13,19-21H,4-6,8,14-18H2,1-3H3,(H,34,41)(H2,35,37,38,42). The molecule has 2 aromatic carbocycles. The topological polar surface area (TPSA) is 117 Å². The SMILES string of the molecule is CC(C)(C)c1cc(NC(=O)Nc2ccc(-c3cn4c(n3)sc3cc(CCC(=O)NCCN5CCCCC5)ccc34)cc2)no1. The van der Waals surface area contributed by atoms with Crippen LogP contribution < -0.4 is 16.0 Å². The maximum absolute atomic E-state index is 12.5. The van der Waals surface area contributed by atoms with Gasteiger partial charge in [0, 0.05) is 48.4 Å². The third-order valence-corrected chi connectivity index (χ3v) is 8.95. The number of hydrogen-bond donors (Lipinski definition) is 3. The first-order valence-electron chi connectivity index (χ1n) is 15.3. The number of anilines is 2. The first-order valence-corrected chi connectivity index (χ1v) is 16.1. The van der Waals surface area contributed by atoms with Gasteiger partial charge in [-0.25, -0.2) is 9.78 Å². The molecule has 1 saturated heterocycles. The van der Waals surface area contributed by atoms with E-state index in [4.69, 9.17) is 9.51 Å². The Morgan fingerprint density at radius 3 is 2.55 bits per heavy atom. The van der Waals surface area contributed by atoms with E-state index in [1.165, 1.54) is 19.3 Å². The fourth-order valence-electron chi connectivity index (χ4n) is 5.41. The van der Waals surface area contributed by atoms with Gasteiger partial charge in [-0.15, -0.1) is 0 Å². The number of hydrogen-bond acceptors (Lipinski definition) is 7. The molecule has 1 aliphatic heterocycles. The summed E-state index contributed by atoms with van der Waals surface area (Å²) in [4.78, 5) is 33.1. The lowest BCUT2D eigenvalue weighted by Crippen LogP contribution is -2.37. The molecule has 3 aromatic heterocycles. The first kappa shape index (κ1) is 29.8. The van der Waals surface area contributed by atoms with Crippen LogP contribution in [0, 0.1) is 0 Å². The number of rotatable bonds is 9. The van der Waals surface area contributed by atoms with Crippen molar-refractivity contribution >= 4 is 50.0 Å². The molecule has 0 radical (unpaired) electrons. The van der Waals surface area contributed by atoms with Crippen molar-refractivity contribution in [3.63, 3.8) is 0 Å². The molecule has 0 saturated carbocycles. The van der Waals surface area contributed by atoms with E-state index in [1.54, 1.807) is 17.4 Å². The van der Waals surface area contributed by atoms with Gasteiger partial charge in [-0.2, -0.15) is 0 Å². The number of fused-ring (bicyclic) bond motifs is 3. The average molecular weight is 614 g/mol. The number of aryl methyl sites for hydroxylation is 1. The number of imidazole rings is 1. The molecule has 4 heterocycles. The maximum atomic E-state index is 12.5. The maximum Gasteiger partial charge on any atom is 0.324 e. The van der Waals surface area contributed by atoms with Gasteiger partial charge in [-0.1, -0.05) is 61.9 Å². The van der Waals surface area contributed by atoms with Crippen molar-refractivity contribution < 1.29 is 14.1 Å². The summed E-state index contributed by atoms with van der Waals surface area (Å²) in [5.41, 5.74) is 4.52. The fourth-order valence-corrected chi connectivity index (χ4v) is 6.48. The van der Waals surface area contributed by atoms with Crippen LogP contribution in [-0.4, -0.2) is 57.6 Å². The Kier molecular flexibility index (Phi) is 8.67. The van der Waals surface area contributed by atoms with E-state index < -0.39 is 6.03 Å². The summed E-state index contributed by atoms with van der Waals surface area (Å²) < 4.78 is 8.58. The van der Waals surface area contributed by atoms with Crippen LogP contribution in [0.25, 0.3) is 26.4 Å². The van der Waals surface area contributed by atoms with Crippen molar-refractivity contribution in [3.05, 3.63) is 66.1 Å². The molecule has 5 aromatic rings. The van der Waals surface area contributed by atoms with Crippen LogP contribution in [0.1, 0.15) is 57.8 Å². The van der Waals surface area contributed by atoms with E-state index in [-0.39, 0.29) is 11.3 Å². The molecular formula is C33H39N7O3S. The number of likely N-dealkylation sites (tertiary alicyclic amines) is 1. The molecule has 230 valence electrons. The predicted octanol–water partition coefficient (Wildman–Crippen LogP) is 6.68. The summed E-state index contributed by atoms with van der Waals surface area (Å²) in [5.74, 6) is 1.17. The number of amides is 3. The second-order valence-corrected chi connectivity index (χ2v) is 13.4. The number of benzene rings is 2. The summed E-state index contributed by atoms with van der Waals surface area (Å²) in [6, 6.07) is 15.3. The lowest BCUT2D eigenvalue weighted by atomic mass is 9.93. The molecule has 11 heteroatoms. The molecule has 1 aliphatic rings. The summed E-state index contributed by atoms with van der Waals surface area (Å²) in [6.45, 7) is 10.0. The van der Waals surface area contributed by atoms with Gasteiger partial charge in [0.05, 0.1) is 15.9 Å². The lowest BCUT2D eigenvalue weighted by molar-refractivity contribution is -0.121. The number of carbonyl (C=O) groups excluding carboxylic acids is 2. The van der Waals surface area contributed by atoms with Gasteiger partial charge >= 0.3 is 6.03 Å². The third kappa shape index (κ3) is 7.11. The van der Waals surface area contributed by atoms with Gasteiger partial charge in [0.2, 0.25) is 5.91 Å². The number of thiazole rings is 1. The first-order chi connectivity index (χ1) is 21.2. The zero-order chi connectivity index (χ0) is 30.7. The Bertz CT molecular complexity index is 1760. The zero-order valence-electron chi connectivity index (χ0n) is 25.5. The number of urea groups is 1. The van der Waals surface area contributed by atoms with Gasteiger partial charge in [0.25, 0.3) is 0 Å². The molecule has 0 aliphatic carbocycles. The Morgan fingerprint density at radius 2 is 1.80 bits per heavy atom. The predicted molar refractivity (Wildman–Crippen MR) is 175 cm³/mol. The minimum absolute atomic E-state index is 0.110. The molecule has 3 N–H and O–H groups in total. The van der Waals surface area contributed by atoms with Crippen molar-refractivity contribution in [1.29, 1.82) is 0 Å². The Labute approximate surface area is 260 Å². The van der Waals surface area contributed by atoms with E-state index >= 15 is 0 Å². The molecule has 1 fully saturated rings. The van der Waals surface area contributed by atoms with Crippen molar-refractivity contribution in [3.8, 4) is 11.3 Å². The lowest BCUT2D eigenvalue weighted by Gasteiger charge is -2.26. The number of carbonyl (C=O) groups is 2. The fraction of sp³-hybridized carbons (Fsp3) is 0.394. The van der Waals surface area contributed by atoms with Crippen LogP contribution in [0.4, 0.5) is 16.3 Å². The molecular weight excluding hydrogens is 574 g/mol. The molecule has 3 amide bonds. The zero-order valence-corrected chi connectivity index (χ0v) is 26.3. The van der Waals surface area contributed by atoms with Crippen molar-refractivity contribution in [2.75, 3.05) is 36.8 Å². The molecule has 0 bridgehead atoms. The highest BCUT2D eigenvalue weighted by atomic mass is 32.1. The van der Waals surface area contributed by atoms with Crippen LogP contribution in [0.2, 0.25) is 0 Å². The van der Waals surface area contributed by atoms with Crippen LogP contribution >= 0.6 is 11.3 Å². The summed E-state index contributed by atoms with van der Waals surface area (Å²) in [7, 11) is 0. The average Bonchev–Trinajstić information content (AvgIpc) is 3.72. The number of aromatic nitrogens is 3. The van der Waals surface area contributed by atoms with Gasteiger partial charge in [0.15, 0.2) is 10.8 Å². The van der Waals surface area contributed by atoms with Crippen LogP contribution in [0.15, 0.2) is 59.3 Å². The van der Waals surface area contributed by atoms with E-state index in [0.717, 1.165) is 58.2 Å². The molecule has 6 rings (SSSR count). The normalized spacial score (nSPS) is 14.2. The van der Waals surface area contributed by atoms with E-state index in [0.29, 0.717) is 30.1 Å². The molecule has 10 nitrogen and oxygen atoms in total.